The highest BCUT2D eigenvalue weighted by atomic mass is 16.5. The van der Waals surface area contributed by atoms with E-state index in [9.17, 15) is 9.59 Å². The van der Waals surface area contributed by atoms with Crippen LogP contribution in [0.2, 0.25) is 0 Å². The standard InChI is InChI=1S/C19H26N8O4/c1-4-31-16-11-21-15(10-22-16)24-18(28)26(2)13-6-5-9-27(12-13)17-20-8-7-14(23-17)25-19(29)30-3/h7-8,10-11,13H,4-6,9,12H2,1-3H3,(H,21,24,28)(H,20,23,25,29). The number of hydrogen-bond donors (Lipinski definition) is 2. The van der Waals surface area contributed by atoms with Crippen molar-refractivity contribution < 1.29 is 19.1 Å². The van der Waals surface area contributed by atoms with Gasteiger partial charge in [0.2, 0.25) is 11.8 Å². The van der Waals surface area contributed by atoms with Crippen LogP contribution in [0.1, 0.15) is 19.8 Å². The molecule has 166 valence electrons. The number of ether oxygens (including phenoxy) is 2. The van der Waals surface area contributed by atoms with Gasteiger partial charge in [-0.3, -0.25) is 10.6 Å². The molecule has 1 saturated heterocycles. The second kappa shape index (κ2) is 10.4. The number of hydrogen-bond acceptors (Lipinski definition) is 9. The molecule has 1 fully saturated rings. The highest BCUT2D eigenvalue weighted by molar-refractivity contribution is 5.88. The number of amides is 3. The molecule has 0 radical (unpaired) electrons. The molecule has 0 bridgehead atoms. The van der Waals surface area contributed by atoms with E-state index in [0.717, 1.165) is 19.4 Å². The molecule has 3 rings (SSSR count). The quantitative estimate of drug-likeness (QED) is 0.705. The molecule has 12 heteroatoms. The van der Waals surface area contributed by atoms with Gasteiger partial charge in [0.05, 0.1) is 32.2 Å². The topological polar surface area (TPSA) is 135 Å². The first-order chi connectivity index (χ1) is 15.0. The number of rotatable bonds is 6. The lowest BCUT2D eigenvalue weighted by molar-refractivity contribution is 0.186. The minimum Gasteiger partial charge on any atom is -0.477 e. The Kier molecular flexibility index (Phi) is 7.35. The molecule has 12 nitrogen and oxygen atoms in total. The molecule has 0 aromatic carbocycles. The van der Waals surface area contributed by atoms with Crippen molar-refractivity contribution in [1.29, 1.82) is 0 Å². The molecule has 3 amide bonds. The summed E-state index contributed by atoms with van der Waals surface area (Å²) in [5, 5.41) is 5.27. The van der Waals surface area contributed by atoms with Crippen molar-refractivity contribution in [2.45, 2.75) is 25.8 Å². The van der Waals surface area contributed by atoms with Crippen molar-refractivity contribution in [2.24, 2.45) is 0 Å². The molecular formula is C19H26N8O4. The Hall–Kier alpha value is -3.70. The number of anilines is 3. The number of aromatic nitrogens is 4. The summed E-state index contributed by atoms with van der Waals surface area (Å²) in [6.07, 6.45) is 5.60. The van der Waals surface area contributed by atoms with Crippen molar-refractivity contribution in [3.05, 3.63) is 24.7 Å². The Morgan fingerprint density at radius 1 is 1.23 bits per heavy atom. The van der Waals surface area contributed by atoms with Crippen LogP contribution in [0.3, 0.4) is 0 Å². The molecule has 1 atom stereocenters. The van der Waals surface area contributed by atoms with Crippen molar-refractivity contribution in [3.8, 4) is 5.88 Å². The zero-order valence-corrected chi connectivity index (χ0v) is 17.7. The maximum absolute atomic E-state index is 12.7. The van der Waals surface area contributed by atoms with Gasteiger partial charge >= 0.3 is 12.1 Å². The Morgan fingerprint density at radius 2 is 2.06 bits per heavy atom. The summed E-state index contributed by atoms with van der Waals surface area (Å²) in [5.74, 6) is 1.57. The average molecular weight is 430 g/mol. The van der Waals surface area contributed by atoms with E-state index in [1.54, 1.807) is 24.2 Å². The fourth-order valence-corrected chi connectivity index (χ4v) is 3.15. The van der Waals surface area contributed by atoms with Gasteiger partial charge in [-0.15, -0.1) is 0 Å². The highest BCUT2D eigenvalue weighted by Gasteiger charge is 2.28. The second-order valence-corrected chi connectivity index (χ2v) is 6.81. The minimum absolute atomic E-state index is 0.0507. The van der Waals surface area contributed by atoms with Crippen LogP contribution in [-0.2, 0) is 4.74 Å². The summed E-state index contributed by atoms with van der Waals surface area (Å²) in [6.45, 7) is 3.65. The predicted molar refractivity (Wildman–Crippen MR) is 113 cm³/mol. The number of urea groups is 1. The van der Waals surface area contributed by atoms with E-state index in [1.807, 2.05) is 11.8 Å². The molecule has 1 aliphatic rings. The van der Waals surface area contributed by atoms with E-state index in [2.05, 4.69) is 35.3 Å². The number of piperidine rings is 1. The van der Waals surface area contributed by atoms with Gasteiger partial charge in [0.15, 0.2) is 5.82 Å². The first-order valence-electron chi connectivity index (χ1n) is 9.91. The van der Waals surface area contributed by atoms with Crippen LogP contribution in [0, 0.1) is 0 Å². The molecule has 0 aliphatic carbocycles. The van der Waals surface area contributed by atoms with Gasteiger partial charge in [-0.1, -0.05) is 0 Å². The smallest absolute Gasteiger partial charge is 0.412 e. The largest absolute Gasteiger partial charge is 0.477 e. The number of carbonyl (C=O) groups excluding carboxylic acids is 2. The monoisotopic (exact) mass is 430 g/mol. The first-order valence-corrected chi connectivity index (χ1v) is 9.91. The maximum Gasteiger partial charge on any atom is 0.412 e. The first kappa shape index (κ1) is 22.0. The molecule has 31 heavy (non-hydrogen) atoms. The average Bonchev–Trinajstić information content (AvgIpc) is 2.80. The van der Waals surface area contributed by atoms with E-state index < -0.39 is 6.09 Å². The van der Waals surface area contributed by atoms with Gasteiger partial charge in [-0.05, 0) is 25.8 Å². The molecule has 2 aromatic heterocycles. The molecule has 1 aliphatic heterocycles. The Bertz CT molecular complexity index is 895. The van der Waals surface area contributed by atoms with Crippen LogP contribution in [0.25, 0.3) is 0 Å². The lowest BCUT2D eigenvalue weighted by Crippen LogP contribution is -2.50. The second-order valence-electron chi connectivity index (χ2n) is 6.81. The van der Waals surface area contributed by atoms with Crippen LogP contribution in [0.15, 0.2) is 24.7 Å². The zero-order chi connectivity index (χ0) is 22.2. The SMILES string of the molecule is CCOc1cnc(NC(=O)N(C)C2CCCN(c3nccc(NC(=O)OC)n3)C2)cn1. The zero-order valence-electron chi connectivity index (χ0n) is 17.7. The number of methoxy groups -OCH3 is 1. The highest BCUT2D eigenvalue weighted by Crippen LogP contribution is 2.21. The van der Waals surface area contributed by atoms with Crippen LogP contribution in [0.5, 0.6) is 5.88 Å². The number of carbonyl (C=O) groups is 2. The third-order valence-corrected chi connectivity index (χ3v) is 4.76. The third-order valence-electron chi connectivity index (χ3n) is 4.76. The summed E-state index contributed by atoms with van der Waals surface area (Å²) >= 11 is 0. The minimum atomic E-state index is -0.602. The van der Waals surface area contributed by atoms with Crippen molar-refractivity contribution >= 4 is 29.7 Å². The Balaban J connectivity index is 1.61. The van der Waals surface area contributed by atoms with Gasteiger partial charge < -0.3 is 19.3 Å². The van der Waals surface area contributed by atoms with E-state index in [1.165, 1.54) is 19.5 Å². The lowest BCUT2D eigenvalue weighted by atomic mass is 10.1. The van der Waals surface area contributed by atoms with E-state index in [0.29, 0.717) is 36.6 Å². The van der Waals surface area contributed by atoms with Crippen LogP contribution in [-0.4, -0.2) is 76.9 Å². The van der Waals surface area contributed by atoms with Crippen molar-refractivity contribution in [1.82, 2.24) is 24.8 Å². The van der Waals surface area contributed by atoms with Crippen molar-refractivity contribution in [3.63, 3.8) is 0 Å². The molecule has 0 spiro atoms. The molecule has 2 N–H and O–H groups in total. The van der Waals surface area contributed by atoms with Crippen LogP contribution in [0.4, 0.5) is 27.2 Å². The maximum atomic E-state index is 12.7. The summed E-state index contributed by atoms with van der Waals surface area (Å²) in [7, 11) is 3.02. The molecule has 2 aromatic rings. The van der Waals surface area contributed by atoms with E-state index in [4.69, 9.17) is 4.74 Å². The third kappa shape index (κ3) is 5.90. The van der Waals surface area contributed by atoms with Gasteiger partial charge in [0, 0.05) is 26.3 Å². The van der Waals surface area contributed by atoms with E-state index >= 15 is 0 Å². The summed E-state index contributed by atoms with van der Waals surface area (Å²) in [5.41, 5.74) is 0. The summed E-state index contributed by atoms with van der Waals surface area (Å²) < 4.78 is 9.84. The van der Waals surface area contributed by atoms with Gasteiger partial charge in [0.1, 0.15) is 5.82 Å². The van der Waals surface area contributed by atoms with Gasteiger partial charge in [-0.2, -0.15) is 4.98 Å². The molecule has 0 saturated carbocycles. The predicted octanol–water partition coefficient (Wildman–Crippen LogP) is 1.98. The van der Waals surface area contributed by atoms with Gasteiger partial charge in [-0.25, -0.2) is 24.5 Å². The molecule has 3 heterocycles. The van der Waals surface area contributed by atoms with Gasteiger partial charge in [0.25, 0.3) is 0 Å². The normalized spacial score (nSPS) is 15.7. The van der Waals surface area contributed by atoms with E-state index in [-0.39, 0.29) is 12.1 Å². The Morgan fingerprint density at radius 3 is 2.77 bits per heavy atom. The Labute approximate surface area is 180 Å². The lowest BCUT2D eigenvalue weighted by Gasteiger charge is -2.37. The molecule has 1 unspecified atom stereocenters. The fourth-order valence-electron chi connectivity index (χ4n) is 3.15. The number of likely N-dealkylation sites (N-methyl/N-ethyl adjacent to an activating group) is 1. The summed E-state index contributed by atoms with van der Waals surface area (Å²) in [4.78, 5) is 44.6. The fraction of sp³-hybridized carbons (Fsp3) is 0.474. The number of nitrogens with zero attached hydrogens (tertiary/aromatic N) is 6. The summed E-state index contributed by atoms with van der Waals surface area (Å²) in [6, 6.07) is 1.25. The molecular weight excluding hydrogens is 404 g/mol. The number of nitrogens with one attached hydrogen (secondary N) is 2. The van der Waals surface area contributed by atoms with Crippen LogP contribution < -0.4 is 20.3 Å². The van der Waals surface area contributed by atoms with Crippen LogP contribution >= 0.6 is 0 Å². The van der Waals surface area contributed by atoms with Crippen molar-refractivity contribution in [2.75, 3.05) is 49.4 Å².